The lowest BCUT2D eigenvalue weighted by Crippen LogP contribution is -2.32. The Labute approximate surface area is 119 Å². The Morgan fingerprint density at radius 3 is 2.55 bits per heavy atom. The zero-order valence-electron chi connectivity index (χ0n) is 11.9. The first-order valence-corrected chi connectivity index (χ1v) is 7.04. The number of benzene rings is 1. The third-order valence-electron chi connectivity index (χ3n) is 3.61. The fourth-order valence-electron chi connectivity index (χ4n) is 2.42. The van der Waals surface area contributed by atoms with Gasteiger partial charge in [0.2, 0.25) is 5.91 Å². The van der Waals surface area contributed by atoms with Gasteiger partial charge in [0.05, 0.1) is 5.92 Å². The molecule has 0 bridgehead atoms. The van der Waals surface area contributed by atoms with Crippen LogP contribution in [0.4, 0.5) is 5.69 Å². The average Bonchev–Trinajstić information content (AvgIpc) is 2.86. The van der Waals surface area contributed by atoms with Gasteiger partial charge in [-0.25, -0.2) is 0 Å². The first-order chi connectivity index (χ1) is 9.61. The molecule has 5 heteroatoms. The molecular weight excluding hydrogens is 254 g/mol. The maximum atomic E-state index is 12.1. The van der Waals surface area contributed by atoms with Gasteiger partial charge in [-0.3, -0.25) is 9.59 Å². The number of nitrogens with one attached hydrogen (secondary N) is 3. The minimum absolute atomic E-state index is 0.0121. The second-order valence-corrected chi connectivity index (χ2v) is 5.06. The van der Waals surface area contributed by atoms with Crippen LogP contribution in [-0.2, 0) is 4.79 Å². The summed E-state index contributed by atoms with van der Waals surface area (Å²) in [5, 5.41) is 8.90. The van der Waals surface area contributed by atoms with Crippen molar-refractivity contribution in [2.75, 3.05) is 18.4 Å². The summed E-state index contributed by atoms with van der Waals surface area (Å²) < 4.78 is 0. The molecule has 0 saturated carbocycles. The van der Waals surface area contributed by atoms with Gasteiger partial charge < -0.3 is 16.0 Å². The van der Waals surface area contributed by atoms with Crippen LogP contribution in [0.1, 0.15) is 30.6 Å². The number of anilines is 1. The van der Waals surface area contributed by atoms with Crippen molar-refractivity contribution in [2.24, 2.45) is 5.92 Å². The molecule has 0 radical (unpaired) electrons. The van der Waals surface area contributed by atoms with Crippen molar-refractivity contribution in [1.82, 2.24) is 10.6 Å². The standard InChI is InChI=1S/C15H21N3O2/c1-3-16-14(19)11-4-6-12(7-5-11)18-15(20)13-8-9-17-10(13)2/h4-7,10,13,17H,3,8-9H2,1-2H3,(H,16,19)(H,18,20). The van der Waals surface area contributed by atoms with E-state index in [0.29, 0.717) is 12.1 Å². The van der Waals surface area contributed by atoms with Crippen molar-refractivity contribution in [3.63, 3.8) is 0 Å². The third-order valence-corrected chi connectivity index (χ3v) is 3.61. The van der Waals surface area contributed by atoms with E-state index in [1.807, 2.05) is 13.8 Å². The average molecular weight is 275 g/mol. The Morgan fingerprint density at radius 2 is 2.00 bits per heavy atom. The monoisotopic (exact) mass is 275 g/mol. The molecule has 2 atom stereocenters. The first-order valence-electron chi connectivity index (χ1n) is 7.04. The Morgan fingerprint density at radius 1 is 1.30 bits per heavy atom. The third kappa shape index (κ3) is 3.36. The van der Waals surface area contributed by atoms with Crippen molar-refractivity contribution in [3.8, 4) is 0 Å². The molecule has 1 aliphatic rings. The van der Waals surface area contributed by atoms with E-state index in [2.05, 4.69) is 16.0 Å². The summed E-state index contributed by atoms with van der Waals surface area (Å²) in [6.45, 7) is 5.39. The first kappa shape index (κ1) is 14.5. The van der Waals surface area contributed by atoms with E-state index in [9.17, 15) is 9.59 Å². The number of amides is 2. The lowest BCUT2D eigenvalue weighted by molar-refractivity contribution is -0.120. The molecule has 20 heavy (non-hydrogen) atoms. The fourth-order valence-corrected chi connectivity index (χ4v) is 2.42. The highest BCUT2D eigenvalue weighted by atomic mass is 16.2. The molecule has 3 N–H and O–H groups in total. The Bertz CT molecular complexity index is 484. The molecule has 0 aromatic heterocycles. The predicted molar refractivity (Wildman–Crippen MR) is 78.7 cm³/mol. The van der Waals surface area contributed by atoms with E-state index in [-0.39, 0.29) is 23.8 Å². The highest BCUT2D eigenvalue weighted by Gasteiger charge is 2.29. The lowest BCUT2D eigenvalue weighted by atomic mass is 10.0. The van der Waals surface area contributed by atoms with E-state index in [1.54, 1.807) is 24.3 Å². The second kappa shape index (κ2) is 6.52. The number of hydrogen-bond acceptors (Lipinski definition) is 3. The molecule has 1 aromatic carbocycles. The summed E-state index contributed by atoms with van der Waals surface area (Å²) >= 11 is 0. The normalized spacial score (nSPS) is 21.5. The summed E-state index contributed by atoms with van der Waals surface area (Å²) in [6.07, 6.45) is 0.865. The summed E-state index contributed by atoms with van der Waals surface area (Å²) in [5.41, 5.74) is 1.32. The Kier molecular flexibility index (Phi) is 4.74. The molecule has 0 aliphatic carbocycles. The van der Waals surface area contributed by atoms with Crippen LogP contribution >= 0.6 is 0 Å². The van der Waals surface area contributed by atoms with Crippen molar-refractivity contribution >= 4 is 17.5 Å². The van der Waals surface area contributed by atoms with Gasteiger partial charge in [0, 0.05) is 23.8 Å². The second-order valence-electron chi connectivity index (χ2n) is 5.06. The Balaban J connectivity index is 1.96. The zero-order chi connectivity index (χ0) is 14.5. The van der Waals surface area contributed by atoms with Gasteiger partial charge in [0.15, 0.2) is 0 Å². The minimum Gasteiger partial charge on any atom is -0.352 e. The summed E-state index contributed by atoms with van der Waals surface area (Å²) in [4.78, 5) is 23.7. The van der Waals surface area contributed by atoms with E-state index >= 15 is 0 Å². The molecule has 1 heterocycles. The molecule has 5 nitrogen and oxygen atoms in total. The van der Waals surface area contributed by atoms with Crippen LogP contribution in [0.2, 0.25) is 0 Å². The van der Waals surface area contributed by atoms with Crippen LogP contribution < -0.4 is 16.0 Å². The highest BCUT2D eigenvalue weighted by molar-refractivity contribution is 5.96. The van der Waals surface area contributed by atoms with Crippen LogP contribution in [0.5, 0.6) is 0 Å². The minimum atomic E-state index is -0.0982. The smallest absolute Gasteiger partial charge is 0.251 e. The molecule has 108 valence electrons. The van der Waals surface area contributed by atoms with Gasteiger partial charge in [-0.2, -0.15) is 0 Å². The molecule has 1 fully saturated rings. The van der Waals surface area contributed by atoms with Gasteiger partial charge in [0.1, 0.15) is 0 Å². The quantitative estimate of drug-likeness (QED) is 0.777. The molecular formula is C15H21N3O2. The predicted octanol–water partition coefficient (Wildman–Crippen LogP) is 1.37. The fraction of sp³-hybridized carbons (Fsp3) is 0.467. The van der Waals surface area contributed by atoms with Crippen LogP contribution in [-0.4, -0.2) is 30.9 Å². The summed E-state index contributed by atoms with van der Waals surface area (Å²) in [6, 6.07) is 7.17. The van der Waals surface area contributed by atoms with Crippen molar-refractivity contribution in [2.45, 2.75) is 26.3 Å². The molecule has 2 rings (SSSR count). The lowest BCUT2D eigenvalue weighted by Gasteiger charge is -2.15. The topological polar surface area (TPSA) is 70.2 Å². The Hall–Kier alpha value is -1.88. The zero-order valence-corrected chi connectivity index (χ0v) is 11.9. The highest BCUT2D eigenvalue weighted by Crippen LogP contribution is 2.18. The van der Waals surface area contributed by atoms with E-state index in [0.717, 1.165) is 18.7 Å². The summed E-state index contributed by atoms with van der Waals surface area (Å²) in [5.74, 6) is -0.0506. The van der Waals surface area contributed by atoms with E-state index in [4.69, 9.17) is 0 Å². The van der Waals surface area contributed by atoms with Crippen LogP contribution in [0, 0.1) is 5.92 Å². The molecule has 0 spiro atoms. The van der Waals surface area contributed by atoms with Gasteiger partial charge >= 0.3 is 0 Å². The largest absolute Gasteiger partial charge is 0.352 e. The van der Waals surface area contributed by atoms with Gasteiger partial charge in [-0.1, -0.05) is 0 Å². The number of carbonyl (C=O) groups is 2. The maximum absolute atomic E-state index is 12.1. The number of rotatable bonds is 4. The van der Waals surface area contributed by atoms with Crippen molar-refractivity contribution < 1.29 is 9.59 Å². The maximum Gasteiger partial charge on any atom is 0.251 e. The molecule has 1 saturated heterocycles. The van der Waals surface area contributed by atoms with Crippen molar-refractivity contribution in [3.05, 3.63) is 29.8 Å². The number of carbonyl (C=O) groups excluding carboxylic acids is 2. The SMILES string of the molecule is CCNC(=O)c1ccc(NC(=O)C2CCNC2C)cc1. The van der Waals surface area contributed by atoms with E-state index in [1.165, 1.54) is 0 Å². The van der Waals surface area contributed by atoms with Crippen LogP contribution in [0.3, 0.4) is 0 Å². The molecule has 1 aliphatic heterocycles. The number of hydrogen-bond donors (Lipinski definition) is 3. The van der Waals surface area contributed by atoms with E-state index < -0.39 is 0 Å². The van der Waals surface area contributed by atoms with Crippen molar-refractivity contribution in [1.29, 1.82) is 0 Å². The summed E-state index contributed by atoms with van der Waals surface area (Å²) in [7, 11) is 0. The van der Waals surface area contributed by atoms with Gasteiger partial charge in [0.25, 0.3) is 5.91 Å². The molecule has 2 unspecified atom stereocenters. The van der Waals surface area contributed by atoms with Gasteiger partial charge in [-0.05, 0) is 51.1 Å². The van der Waals surface area contributed by atoms with Gasteiger partial charge in [-0.15, -0.1) is 0 Å². The molecule has 2 amide bonds. The van der Waals surface area contributed by atoms with Crippen LogP contribution in [0.15, 0.2) is 24.3 Å². The molecule has 1 aromatic rings. The van der Waals surface area contributed by atoms with Crippen LogP contribution in [0.25, 0.3) is 0 Å².